The van der Waals surface area contributed by atoms with Crippen molar-refractivity contribution in [2.45, 2.75) is 71.4 Å². The maximum Gasteiger partial charge on any atom is 0.251 e. The number of aromatic nitrogens is 2. The van der Waals surface area contributed by atoms with Crippen molar-refractivity contribution in [3.05, 3.63) is 154 Å². The third-order valence-electron chi connectivity index (χ3n) is 8.89. The van der Waals surface area contributed by atoms with Gasteiger partial charge >= 0.3 is 0 Å². The molecular weight excluding hydrogens is 626 g/mol. The Morgan fingerprint density at radius 2 is 1.48 bits per heavy atom. The molecular formula is C41H47N5O4. The molecule has 2 amide bonds. The summed E-state index contributed by atoms with van der Waals surface area (Å²) in [5.74, 6) is 0.465. The fraction of sp³-hybridized carbons (Fsp3) is 0.293. The van der Waals surface area contributed by atoms with Crippen LogP contribution in [-0.2, 0) is 24.2 Å². The van der Waals surface area contributed by atoms with Crippen molar-refractivity contribution in [3.63, 3.8) is 0 Å². The number of hydrogen-bond donors (Lipinski definition) is 5. The van der Waals surface area contributed by atoms with Crippen LogP contribution in [0.1, 0.15) is 75.6 Å². The Morgan fingerprint density at radius 3 is 2.16 bits per heavy atom. The normalized spacial score (nSPS) is 13.6. The van der Waals surface area contributed by atoms with Gasteiger partial charge in [-0.15, -0.1) is 0 Å². The van der Waals surface area contributed by atoms with Crippen molar-refractivity contribution in [3.8, 4) is 5.82 Å². The molecule has 0 fully saturated rings. The maximum absolute atomic E-state index is 12.8. The molecule has 0 aliphatic rings. The molecule has 2 aromatic heterocycles. The summed E-state index contributed by atoms with van der Waals surface area (Å²) < 4.78 is 2.08. The Hall–Kier alpha value is -5.09. The van der Waals surface area contributed by atoms with Crippen LogP contribution in [0.2, 0.25) is 0 Å². The Labute approximate surface area is 294 Å². The second-order valence-corrected chi connectivity index (χ2v) is 13.0. The van der Waals surface area contributed by atoms with E-state index in [1.54, 1.807) is 25.3 Å². The minimum atomic E-state index is -0.813. The van der Waals surface area contributed by atoms with Crippen molar-refractivity contribution >= 4 is 11.8 Å². The lowest BCUT2D eigenvalue weighted by molar-refractivity contribution is -0.120. The van der Waals surface area contributed by atoms with Crippen molar-refractivity contribution in [2.24, 2.45) is 0 Å². The molecule has 5 rings (SSSR count). The predicted molar refractivity (Wildman–Crippen MR) is 196 cm³/mol. The second-order valence-electron chi connectivity index (χ2n) is 13.0. The SMILES string of the molecule is Cc1ccc(C)n1-c1ccc([C@@H](O)CN[C@H](C)Cc2cccc(CC(=O)NCc3ccc(C(=O)N[C@H](C)[C@@H](O)c4ccccc4)cc3)c2)cn1. The van der Waals surface area contributed by atoms with Crippen LogP contribution in [0.25, 0.3) is 5.82 Å². The largest absolute Gasteiger partial charge is 0.387 e. The van der Waals surface area contributed by atoms with Crippen LogP contribution in [-0.4, -0.2) is 50.2 Å². The van der Waals surface area contributed by atoms with Gasteiger partial charge in [0.15, 0.2) is 0 Å². The molecule has 0 radical (unpaired) electrons. The van der Waals surface area contributed by atoms with Crippen molar-refractivity contribution in [2.75, 3.05) is 6.54 Å². The molecule has 5 N–H and O–H groups in total. The number of carbonyl (C=O) groups is 2. The number of benzene rings is 3. The molecule has 2 heterocycles. The molecule has 9 nitrogen and oxygen atoms in total. The first-order valence-corrected chi connectivity index (χ1v) is 17.1. The van der Waals surface area contributed by atoms with Crippen molar-refractivity contribution in [1.29, 1.82) is 0 Å². The summed E-state index contributed by atoms with van der Waals surface area (Å²) in [7, 11) is 0. The van der Waals surface area contributed by atoms with Gasteiger partial charge in [0.05, 0.1) is 24.7 Å². The van der Waals surface area contributed by atoms with Crippen LogP contribution in [0.3, 0.4) is 0 Å². The smallest absolute Gasteiger partial charge is 0.251 e. The molecule has 5 aromatic rings. The third-order valence-corrected chi connectivity index (χ3v) is 8.89. The first-order valence-electron chi connectivity index (χ1n) is 17.1. The minimum Gasteiger partial charge on any atom is -0.387 e. The number of aliphatic hydroxyl groups is 2. The van der Waals surface area contributed by atoms with Gasteiger partial charge in [-0.25, -0.2) is 4.98 Å². The summed E-state index contributed by atoms with van der Waals surface area (Å²) in [6.07, 6.45) is 1.23. The molecule has 3 aromatic carbocycles. The maximum atomic E-state index is 12.8. The molecule has 0 saturated carbocycles. The number of pyridine rings is 1. The zero-order valence-corrected chi connectivity index (χ0v) is 29.1. The highest BCUT2D eigenvalue weighted by atomic mass is 16.3. The van der Waals surface area contributed by atoms with E-state index < -0.39 is 18.2 Å². The number of aryl methyl sites for hydroxylation is 2. The third kappa shape index (κ3) is 9.75. The second kappa shape index (κ2) is 17.0. The van der Waals surface area contributed by atoms with Gasteiger partial charge in [0, 0.05) is 47.8 Å². The van der Waals surface area contributed by atoms with E-state index >= 15 is 0 Å². The summed E-state index contributed by atoms with van der Waals surface area (Å²) in [6, 6.07) is 31.9. The molecule has 0 saturated heterocycles. The van der Waals surface area contributed by atoms with Crippen molar-refractivity contribution < 1.29 is 19.8 Å². The quantitative estimate of drug-likeness (QED) is 0.101. The highest BCUT2D eigenvalue weighted by Gasteiger charge is 2.19. The molecule has 9 heteroatoms. The molecule has 0 bridgehead atoms. The van der Waals surface area contributed by atoms with E-state index in [0.717, 1.165) is 51.4 Å². The van der Waals surface area contributed by atoms with Gasteiger partial charge in [0.2, 0.25) is 5.91 Å². The monoisotopic (exact) mass is 673 g/mol. The van der Waals surface area contributed by atoms with E-state index in [1.165, 1.54) is 0 Å². The highest BCUT2D eigenvalue weighted by molar-refractivity contribution is 5.94. The van der Waals surface area contributed by atoms with Crippen LogP contribution in [0, 0.1) is 13.8 Å². The molecule has 50 heavy (non-hydrogen) atoms. The van der Waals surface area contributed by atoms with Crippen LogP contribution >= 0.6 is 0 Å². The standard InChI is InChI=1S/C41H47N5O4/c1-27(42-26-37(47)36-19-20-38(43-25-36)46-28(2)13-14-29(46)3)21-32-9-8-10-33(22-32)23-39(48)44-24-31-15-17-35(18-16-31)41(50)45-30(4)40(49)34-11-6-5-7-12-34/h5-20,22,25,27,30,37,40,42,47,49H,21,23-24,26H2,1-4H3,(H,44,48)(H,45,50)/t27-,30-,37+,40-/m1/s1. The summed E-state index contributed by atoms with van der Waals surface area (Å²) in [5.41, 5.74) is 7.11. The van der Waals surface area contributed by atoms with Crippen LogP contribution < -0.4 is 16.0 Å². The van der Waals surface area contributed by atoms with Crippen LogP contribution in [0.15, 0.2) is 109 Å². The number of carbonyl (C=O) groups excluding carboxylic acids is 2. The van der Waals surface area contributed by atoms with Gasteiger partial charge in [0.1, 0.15) is 5.82 Å². The van der Waals surface area contributed by atoms with E-state index in [0.29, 0.717) is 18.7 Å². The summed E-state index contributed by atoms with van der Waals surface area (Å²) in [4.78, 5) is 30.1. The lowest BCUT2D eigenvalue weighted by atomic mass is 10.0. The highest BCUT2D eigenvalue weighted by Crippen LogP contribution is 2.19. The number of aliphatic hydroxyl groups excluding tert-OH is 2. The number of nitrogens with zero attached hydrogens (tertiary/aromatic N) is 2. The van der Waals surface area contributed by atoms with Gasteiger partial charge < -0.3 is 30.7 Å². The predicted octanol–water partition coefficient (Wildman–Crippen LogP) is 5.45. The molecule has 260 valence electrons. The lowest BCUT2D eigenvalue weighted by Crippen LogP contribution is -2.37. The average Bonchev–Trinajstić information content (AvgIpc) is 3.47. The first-order chi connectivity index (χ1) is 24.1. The number of amides is 2. The fourth-order valence-electron chi connectivity index (χ4n) is 6.01. The molecule has 0 spiro atoms. The topological polar surface area (TPSA) is 129 Å². The average molecular weight is 674 g/mol. The van der Waals surface area contributed by atoms with Gasteiger partial charge in [-0.3, -0.25) is 9.59 Å². The minimum absolute atomic E-state index is 0.0938. The summed E-state index contributed by atoms with van der Waals surface area (Å²) in [5, 5.41) is 30.6. The molecule has 4 atom stereocenters. The molecule has 0 unspecified atom stereocenters. The van der Waals surface area contributed by atoms with E-state index in [9.17, 15) is 19.8 Å². The molecule has 0 aliphatic heterocycles. The Kier molecular flexibility index (Phi) is 12.3. The van der Waals surface area contributed by atoms with Crippen LogP contribution in [0.5, 0.6) is 0 Å². The molecule has 0 aliphatic carbocycles. The summed E-state index contributed by atoms with van der Waals surface area (Å²) >= 11 is 0. The van der Waals surface area contributed by atoms with Crippen LogP contribution in [0.4, 0.5) is 0 Å². The van der Waals surface area contributed by atoms with Gasteiger partial charge in [-0.1, -0.05) is 72.8 Å². The number of nitrogens with one attached hydrogen (secondary N) is 3. The van der Waals surface area contributed by atoms with E-state index in [4.69, 9.17) is 0 Å². The fourth-order valence-corrected chi connectivity index (χ4v) is 6.01. The number of rotatable bonds is 15. The zero-order chi connectivity index (χ0) is 35.6. The van der Waals surface area contributed by atoms with E-state index in [2.05, 4.69) is 44.6 Å². The Bertz CT molecular complexity index is 1840. The Morgan fingerprint density at radius 1 is 0.780 bits per heavy atom. The number of hydrogen-bond acceptors (Lipinski definition) is 6. The van der Waals surface area contributed by atoms with Gasteiger partial charge in [0.25, 0.3) is 5.91 Å². The lowest BCUT2D eigenvalue weighted by Gasteiger charge is -2.20. The van der Waals surface area contributed by atoms with E-state index in [1.807, 2.05) is 92.7 Å². The Balaban J connectivity index is 1.04. The van der Waals surface area contributed by atoms with Gasteiger partial charge in [-0.2, -0.15) is 0 Å². The van der Waals surface area contributed by atoms with Gasteiger partial charge in [-0.05, 0) is 86.7 Å². The van der Waals surface area contributed by atoms with E-state index in [-0.39, 0.29) is 24.3 Å². The zero-order valence-electron chi connectivity index (χ0n) is 29.1. The van der Waals surface area contributed by atoms with Crippen molar-refractivity contribution in [1.82, 2.24) is 25.5 Å². The first kappa shape index (κ1) is 36.2. The summed E-state index contributed by atoms with van der Waals surface area (Å²) in [6.45, 7) is 8.68.